The fourth-order valence-corrected chi connectivity index (χ4v) is 2.77. The Labute approximate surface area is 104 Å². The zero-order valence-electron chi connectivity index (χ0n) is 10.5. The number of hydrogen-bond donors (Lipinski definition) is 0. The molecule has 1 aliphatic rings. The molecule has 0 saturated carbocycles. The summed E-state index contributed by atoms with van der Waals surface area (Å²) in [5.41, 5.74) is 1.07. The maximum absolute atomic E-state index is 11.6. The Kier molecular flexibility index (Phi) is 4.77. The lowest BCUT2D eigenvalue weighted by Crippen LogP contribution is -2.20. The summed E-state index contributed by atoms with van der Waals surface area (Å²) >= 11 is 0. The topological polar surface area (TPSA) is 34.1 Å². The van der Waals surface area contributed by atoms with Crippen LogP contribution in [0.4, 0.5) is 0 Å². The van der Waals surface area contributed by atoms with Crippen molar-refractivity contribution in [3.63, 3.8) is 0 Å². The van der Waals surface area contributed by atoms with Crippen molar-refractivity contribution in [1.82, 2.24) is 0 Å². The Balaban J connectivity index is 3.07. The standard InChI is InChI=1S/C14H18O2S/c1-4-7-12-9-6-10-14(17(3,15)16)11-13(12)8-5-2/h4,6-7,9-10,13-14H,11H2,1-3H3/b7-4-. The number of rotatable bonds is 2. The molecule has 0 radical (unpaired) electrons. The molecule has 0 aliphatic heterocycles. The van der Waals surface area contributed by atoms with Gasteiger partial charge in [0.25, 0.3) is 0 Å². The van der Waals surface area contributed by atoms with Crippen LogP contribution in [0.25, 0.3) is 0 Å². The van der Waals surface area contributed by atoms with Gasteiger partial charge in [-0.25, -0.2) is 8.42 Å². The van der Waals surface area contributed by atoms with Gasteiger partial charge < -0.3 is 0 Å². The minimum absolute atomic E-state index is 0.00840. The van der Waals surface area contributed by atoms with Crippen LogP contribution in [0.15, 0.2) is 36.0 Å². The predicted octanol–water partition coefficient (Wildman–Crippen LogP) is 2.50. The molecular weight excluding hydrogens is 232 g/mol. The highest BCUT2D eigenvalue weighted by Gasteiger charge is 2.24. The van der Waals surface area contributed by atoms with Crippen molar-refractivity contribution in [3.05, 3.63) is 36.0 Å². The van der Waals surface area contributed by atoms with Crippen LogP contribution in [0.3, 0.4) is 0 Å². The minimum atomic E-state index is -3.05. The van der Waals surface area contributed by atoms with Crippen LogP contribution in [0.2, 0.25) is 0 Å². The van der Waals surface area contributed by atoms with Gasteiger partial charge in [-0.15, -0.1) is 5.92 Å². The lowest BCUT2D eigenvalue weighted by atomic mass is 9.95. The van der Waals surface area contributed by atoms with Crippen molar-refractivity contribution >= 4 is 9.84 Å². The van der Waals surface area contributed by atoms with Gasteiger partial charge in [-0.05, 0) is 25.8 Å². The molecule has 92 valence electrons. The van der Waals surface area contributed by atoms with Crippen molar-refractivity contribution < 1.29 is 8.42 Å². The molecule has 0 fully saturated rings. The van der Waals surface area contributed by atoms with E-state index in [2.05, 4.69) is 11.8 Å². The van der Waals surface area contributed by atoms with E-state index in [9.17, 15) is 8.42 Å². The Bertz CT molecular complexity index is 510. The van der Waals surface area contributed by atoms with Crippen molar-refractivity contribution in [1.29, 1.82) is 0 Å². The van der Waals surface area contributed by atoms with Gasteiger partial charge in [-0.2, -0.15) is 0 Å². The maximum atomic E-state index is 11.6. The predicted molar refractivity (Wildman–Crippen MR) is 72.2 cm³/mol. The third kappa shape index (κ3) is 3.90. The zero-order chi connectivity index (χ0) is 12.9. The molecule has 1 aliphatic carbocycles. The summed E-state index contributed by atoms with van der Waals surface area (Å²) in [7, 11) is -3.05. The largest absolute Gasteiger partial charge is 0.229 e. The smallest absolute Gasteiger partial charge is 0.153 e. The zero-order valence-corrected chi connectivity index (χ0v) is 11.3. The fraction of sp³-hybridized carbons (Fsp3) is 0.429. The molecule has 2 nitrogen and oxygen atoms in total. The molecule has 0 bridgehead atoms. The average Bonchev–Trinajstić information content (AvgIpc) is 2.42. The number of hydrogen-bond acceptors (Lipinski definition) is 2. The fourth-order valence-electron chi connectivity index (χ4n) is 1.85. The normalized spacial score (nSPS) is 25.0. The molecule has 17 heavy (non-hydrogen) atoms. The third-order valence-electron chi connectivity index (χ3n) is 2.71. The summed E-state index contributed by atoms with van der Waals surface area (Å²) in [6.07, 6.45) is 11.3. The first-order valence-corrected chi connectivity index (χ1v) is 7.56. The number of sulfone groups is 1. The van der Waals surface area contributed by atoms with Gasteiger partial charge in [0, 0.05) is 12.2 Å². The summed E-state index contributed by atoms with van der Waals surface area (Å²) in [5, 5.41) is -0.438. The molecule has 0 saturated heterocycles. The lowest BCUT2D eigenvalue weighted by Gasteiger charge is -2.15. The van der Waals surface area contributed by atoms with E-state index in [1.807, 2.05) is 31.2 Å². The maximum Gasteiger partial charge on any atom is 0.153 e. The van der Waals surface area contributed by atoms with Crippen LogP contribution < -0.4 is 0 Å². The van der Waals surface area contributed by atoms with Gasteiger partial charge in [-0.3, -0.25) is 0 Å². The second-order valence-electron chi connectivity index (χ2n) is 4.10. The van der Waals surface area contributed by atoms with Gasteiger partial charge in [0.1, 0.15) is 0 Å². The second-order valence-corrected chi connectivity index (χ2v) is 6.37. The quantitative estimate of drug-likeness (QED) is 0.706. The van der Waals surface area contributed by atoms with Crippen LogP contribution in [0.1, 0.15) is 20.3 Å². The van der Waals surface area contributed by atoms with E-state index in [0.717, 1.165) is 5.57 Å². The highest BCUT2D eigenvalue weighted by atomic mass is 32.2. The molecule has 0 heterocycles. The van der Waals surface area contributed by atoms with Crippen molar-refractivity contribution in [2.75, 3.05) is 6.26 Å². The van der Waals surface area contributed by atoms with Crippen molar-refractivity contribution in [2.45, 2.75) is 25.5 Å². The van der Waals surface area contributed by atoms with E-state index in [1.165, 1.54) is 6.26 Å². The highest BCUT2D eigenvalue weighted by molar-refractivity contribution is 7.91. The van der Waals surface area contributed by atoms with Gasteiger partial charge in [0.2, 0.25) is 0 Å². The summed E-state index contributed by atoms with van der Waals surface area (Å²) in [6, 6.07) is 0. The Morgan fingerprint density at radius 3 is 2.71 bits per heavy atom. The molecular formula is C14H18O2S. The molecule has 2 atom stereocenters. The van der Waals surface area contributed by atoms with Crippen LogP contribution in [-0.4, -0.2) is 19.9 Å². The Morgan fingerprint density at radius 2 is 2.18 bits per heavy atom. The monoisotopic (exact) mass is 250 g/mol. The molecule has 2 unspecified atom stereocenters. The van der Waals surface area contributed by atoms with E-state index in [1.54, 1.807) is 13.0 Å². The average molecular weight is 250 g/mol. The molecule has 0 aromatic rings. The molecule has 0 aromatic heterocycles. The van der Waals surface area contributed by atoms with Gasteiger partial charge in [0.05, 0.1) is 5.25 Å². The van der Waals surface area contributed by atoms with E-state index in [4.69, 9.17) is 0 Å². The van der Waals surface area contributed by atoms with Crippen LogP contribution in [0, 0.1) is 17.8 Å². The van der Waals surface area contributed by atoms with Crippen molar-refractivity contribution in [2.24, 2.45) is 5.92 Å². The first-order chi connectivity index (χ1) is 7.99. The van der Waals surface area contributed by atoms with Gasteiger partial charge in [0.15, 0.2) is 9.84 Å². The van der Waals surface area contributed by atoms with Crippen LogP contribution in [-0.2, 0) is 9.84 Å². The Morgan fingerprint density at radius 1 is 1.47 bits per heavy atom. The molecule has 0 amide bonds. The molecule has 3 heteroatoms. The first kappa shape index (κ1) is 13.8. The van der Waals surface area contributed by atoms with Gasteiger partial charge >= 0.3 is 0 Å². The summed E-state index contributed by atoms with van der Waals surface area (Å²) in [4.78, 5) is 0. The third-order valence-corrected chi connectivity index (χ3v) is 4.16. The first-order valence-electron chi connectivity index (χ1n) is 5.61. The van der Waals surface area contributed by atoms with E-state index >= 15 is 0 Å². The Hall–Kier alpha value is -1.27. The molecule has 0 spiro atoms. The summed E-state index contributed by atoms with van der Waals surface area (Å²) in [6.45, 7) is 3.72. The van der Waals surface area contributed by atoms with E-state index in [-0.39, 0.29) is 5.92 Å². The second kappa shape index (κ2) is 5.88. The van der Waals surface area contributed by atoms with E-state index in [0.29, 0.717) is 6.42 Å². The molecule has 0 N–H and O–H groups in total. The minimum Gasteiger partial charge on any atom is -0.229 e. The van der Waals surface area contributed by atoms with Crippen LogP contribution in [0.5, 0.6) is 0 Å². The molecule has 1 rings (SSSR count). The van der Waals surface area contributed by atoms with Crippen LogP contribution >= 0.6 is 0 Å². The van der Waals surface area contributed by atoms with Crippen molar-refractivity contribution in [3.8, 4) is 11.8 Å². The highest BCUT2D eigenvalue weighted by Crippen LogP contribution is 2.25. The summed E-state index contributed by atoms with van der Waals surface area (Å²) < 4.78 is 23.2. The van der Waals surface area contributed by atoms with Gasteiger partial charge in [-0.1, -0.05) is 36.3 Å². The summed E-state index contributed by atoms with van der Waals surface area (Å²) in [5.74, 6) is 5.96. The lowest BCUT2D eigenvalue weighted by molar-refractivity contribution is 0.583. The SMILES string of the molecule is CC#CC1CC(S(C)(=O)=O)C=CC=C1/C=C\C. The van der Waals surface area contributed by atoms with E-state index < -0.39 is 15.1 Å². The number of allylic oxidation sites excluding steroid dienone is 5. The molecule has 0 aromatic carbocycles.